The van der Waals surface area contributed by atoms with Crippen LogP contribution in [-0.2, 0) is 9.36 Å². The summed E-state index contributed by atoms with van der Waals surface area (Å²) >= 11 is 0. The molecule has 92 valence electrons. The van der Waals surface area contributed by atoms with Crippen LogP contribution < -0.4 is 11.5 Å². The number of aliphatic hydroxyl groups excluding tert-OH is 1. The lowest BCUT2D eigenvalue weighted by Crippen LogP contribution is -2.34. The third-order valence-corrected chi connectivity index (χ3v) is 1.24. The number of carbonyl (C=O) groups is 1. The van der Waals surface area contributed by atoms with Crippen molar-refractivity contribution in [2.45, 2.75) is 18.9 Å². The second kappa shape index (κ2) is 8.93. The minimum absolute atomic E-state index is 0.118. The van der Waals surface area contributed by atoms with E-state index in [0.29, 0.717) is 19.4 Å². The van der Waals surface area contributed by atoms with Gasteiger partial charge in [-0.1, -0.05) is 0 Å². The standard InChI is InChI=1S/C6H14N2O2.H3O4P/c7-3-1-2-6(10)5(8)4-9;1-5(2,3)4/h5,9H,1-4,7-8H2;(H3,1,2,3,4). The Bertz CT molecular complexity index is 209. The third-order valence-electron chi connectivity index (χ3n) is 1.24. The van der Waals surface area contributed by atoms with Gasteiger partial charge in [0.2, 0.25) is 0 Å². The predicted molar refractivity (Wildman–Crippen MR) is 52.6 cm³/mol. The molecule has 0 aliphatic heterocycles. The Morgan fingerprint density at radius 2 is 1.73 bits per heavy atom. The van der Waals surface area contributed by atoms with Crippen molar-refractivity contribution in [2.75, 3.05) is 13.2 Å². The number of phosphoric acid groups is 1. The molecule has 0 radical (unpaired) electrons. The lowest BCUT2D eigenvalue weighted by molar-refractivity contribution is -0.121. The van der Waals surface area contributed by atoms with Gasteiger partial charge in [-0.3, -0.25) is 4.79 Å². The van der Waals surface area contributed by atoms with E-state index in [1.54, 1.807) is 0 Å². The van der Waals surface area contributed by atoms with Crippen LogP contribution in [-0.4, -0.2) is 44.8 Å². The predicted octanol–water partition coefficient (Wildman–Crippen LogP) is -2.31. The van der Waals surface area contributed by atoms with Gasteiger partial charge in [-0.15, -0.1) is 0 Å². The Balaban J connectivity index is 0. The van der Waals surface area contributed by atoms with Gasteiger partial charge < -0.3 is 31.3 Å². The number of nitrogens with two attached hydrogens (primary N) is 2. The number of carbonyl (C=O) groups excluding carboxylic acids is 1. The van der Waals surface area contributed by atoms with Crippen LogP contribution in [0.2, 0.25) is 0 Å². The summed E-state index contributed by atoms with van der Waals surface area (Å²) in [6.45, 7) is 0.216. The molecule has 0 aliphatic rings. The Morgan fingerprint density at radius 3 is 2.00 bits per heavy atom. The first-order valence-electron chi connectivity index (χ1n) is 4.09. The first kappa shape index (κ1) is 17.1. The number of ketones is 1. The van der Waals surface area contributed by atoms with E-state index in [-0.39, 0.29) is 12.4 Å². The molecule has 15 heavy (non-hydrogen) atoms. The molecule has 0 bridgehead atoms. The average molecular weight is 244 g/mol. The van der Waals surface area contributed by atoms with Crippen LogP contribution in [0.3, 0.4) is 0 Å². The fourth-order valence-electron chi connectivity index (χ4n) is 0.564. The number of hydrogen-bond acceptors (Lipinski definition) is 5. The molecular formula is C6H17N2O6P. The molecule has 0 amide bonds. The molecule has 0 fully saturated rings. The van der Waals surface area contributed by atoms with Gasteiger partial charge in [-0.05, 0) is 13.0 Å². The Labute approximate surface area is 87.1 Å². The summed E-state index contributed by atoms with van der Waals surface area (Å²) in [6, 6.07) is -0.716. The van der Waals surface area contributed by atoms with Crippen LogP contribution in [0, 0.1) is 0 Å². The molecule has 0 saturated carbocycles. The van der Waals surface area contributed by atoms with Crippen molar-refractivity contribution in [3.63, 3.8) is 0 Å². The minimum atomic E-state index is -4.64. The zero-order valence-electron chi connectivity index (χ0n) is 8.11. The zero-order valence-corrected chi connectivity index (χ0v) is 9.01. The molecule has 1 unspecified atom stereocenters. The van der Waals surface area contributed by atoms with Gasteiger partial charge in [-0.2, -0.15) is 0 Å². The van der Waals surface area contributed by atoms with E-state index in [2.05, 4.69) is 0 Å². The lowest BCUT2D eigenvalue weighted by Gasteiger charge is -2.04. The molecule has 0 saturated heterocycles. The van der Waals surface area contributed by atoms with Crippen LogP contribution in [0.5, 0.6) is 0 Å². The number of aliphatic hydroxyl groups is 1. The van der Waals surface area contributed by atoms with Crippen LogP contribution in [0.15, 0.2) is 0 Å². The molecular weight excluding hydrogens is 227 g/mol. The van der Waals surface area contributed by atoms with Gasteiger partial charge >= 0.3 is 7.82 Å². The first-order chi connectivity index (χ1) is 6.72. The highest BCUT2D eigenvalue weighted by Gasteiger charge is 2.09. The van der Waals surface area contributed by atoms with E-state index >= 15 is 0 Å². The first-order valence-corrected chi connectivity index (χ1v) is 5.66. The maximum Gasteiger partial charge on any atom is 0.466 e. The SMILES string of the molecule is NCCCC(=O)C(N)CO.O=P(O)(O)O. The van der Waals surface area contributed by atoms with E-state index in [4.69, 9.17) is 35.8 Å². The van der Waals surface area contributed by atoms with Crippen molar-refractivity contribution in [2.24, 2.45) is 11.5 Å². The normalized spacial score (nSPS) is 12.7. The molecule has 1 atom stereocenters. The molecule has 0 spiro atoms. The van der Waals surface area contributed by atoms with Crippen molar-refractivity contribution in [3.8, 4) is 0 Å². The van der Waals surface area contributed by atoms with Crippen LogP contribution in [0.4, 0.5) is 0 Å². The summed E-state index contributed by atoms with van der Waals surface area (Å²) in [4.78, 5) is 32.4. The number of Topliss-reactive ketones (excluding diaryl/α,β-unsaturated/α-hetero) is 1. The molecule has 0 aromatic rings. The van der Waals surface area contributed by atoms with Gasteiger partial charge in [0, 0.05) is 6.42 Å². The molecule has 8 N–H and O–H groups in total. The highest BCUT2D eigenvalue weighted by atomic mass is 31.2. The van der Waals surface area contributed by atoms with Crippen molar-refractivity contribution >= 4 is 13.6 Å². The van der Waals surface area contributed by atoms with Crippen molar-refractivity contribution in [3.05, 3.63) is 0 Å². The summed E-state index contributed by atoms with van der Waals surface area (Å²) in [7, 11) is -4.64. The van der Waals surface area contributed by atoms with Gasteiger partial charge in [0.15, 0.2) is 5.78 Å². The zero-order chi connectivity index (χ0) is 12.5. The molecule has 0 aromatic heterocycles. The van der Waals surface area contributed by atoms with E-state index in [1.807, 2.05) is 0 Å². The quantitative estimate of drug-likeness (QED) is 0.293. The Morgan fingerprint density at radius 1 is 1.33 bits per heavy atom. The van der Waals surface area contributed by atoms with Gasteiger partial charge in [0.05, 0.1) is 12.6 Å². The van der Waals surface area contributed by atoms with E-state index < -0.39 is 13.9 Å². The molecule has 9 heteroatoms. The van der Waals surface area contributed by atoms with Gasteiger partial charge in [-0.25, -0.2) is 4.57 Å². The molecule has 0 rings (SSSR count). The fraction of sp³-hybridized carbons (Fsp3) is 0.833. The van der Waals surface area contributed by atoms with Crippen LogP contribution >= 0.6 is 7.82 Å². The maximum atomic E-state index is 10.8. The van der Waals surface area contributed by atoms with Crippen molar-refractivity contribution in [1.29, 1.82) is 0 Å². The Hall–Kier alpha value is -0.340. The third kappa shape index (κ3) is 19.9. The highest BCUT2D eigenvalue weighted by Crippen LogP contribution is 2.25. The summed E-state index contributed by atoms with van der Waals surface area (Å²) in [6.07, 6.45) is 1.02. The molecule has 0 heterocycles. The lowest BCUT2D eigenvalue weighted by atomic mass is 10.1. The van der Waals surface area contributed by atoms with Crippen molar-refractivity contribution < 1.29 is 29.1 Å². The second-order valence-corrected chi connectivity index (χ2v) is 3.69. The summed E-state index contributed by atoms with van der Waals surface area (Å²) in [5.41, 5.74) is 10.4. The number of rotatable bonds is 5. The molecule has 8 nitrogen and oxygen atoms in total. The fourth-order valence-corrected chi connectivity index (χ4v) is 0.564. The van der Waals surface area contributed by atoms with Gasteiger partial charge in [0.25, 0.3) is 0 Å². The minimum Gasteiger partial charge on any atom is -0.394 e. The molecule has 0 aromatic carbocycles. The maximum absolute atomic E-state index is 10.8. The largest absolute Gasteiger partial charge is 0.466 e. The average Bonchev–Trinajstić information content (AvgIpc) is 2.10. The van der Waals surface area contributed by atoms with E-state index in [0.717, 1.165) is 0 Å². The smallest absolute Gasteiger partial charge is 0.394 e. The van der Waals surface area contributed by atoms with Crippen LogP contribution in [0.25, 0.3) is 0 Å². The number of hydrogen-bond donors (Lipinski definition) is 6. The topological polar surface area (TPSA) is 167 Å². The summed E-state index contributed by atoms with van der Waals surface area (Å²) < 4.78 is 8.88. The molecule has 0 aliphatic carbocycles. The van der Waals surface area contributed by atoms with E-state index in [1.165, 1.54) is 0 Å². The van der Waals surface area contributed by atoms with Crippen LogP contribution in [0.1, 0.15) is 12.8 Å². The Kier molecular flexibility index (Phi) is 10.2. The van der Waals surface area contributed by atoms with Crippen molar-refractivity contribution in [1.82, 2.24) is 0 Å². The highest BCUT2D eigenvalue weighted by molar-refractivity contribution is 7.45. The van der Waals surface area contributed by atoms with Gasteiger partial charge in [0.1, 0.15) is 0 Å². The van der Waals surface area contributed by atoms with E-state index in [9.17, 15) is 4.79 Å². The summed E-state index contributed by atoms with van der Waals surface area (Å²) in [5, 5.41) is 8.43. The second-order valence-electron chi connectivity index (χ2n) is 2.66. The monoisotopic (exact) mass is 244 g/mol. The summed E-state index contributed by atoms with van der Waals surface area (Å²) in [5.74, 6) is -0.118.